The molecule has 3 rings (SSSR count). The lowest BCUT2D eigenvalue weighted by Gasteiger charge is -2.34. The average Bonchev–Trinajstić information content (AvgIpc) is 2.83. The highest BCUT2D eigenvalue weighted by Gasteiger charge is 2.58. The van der Waals surface area contributed by atoms with Gasteiger partial charge in [-0.25, -0.2) is 0 Å². The van der Waals surface area contributed by atoms with E-state index >= 15 is 0 Å². The van der Waals surface area contributed by atoms with Gasteiger partial charge in [0, 0.05) is 5.92 Å². The van der Waals surface area contributed by atoms with E-state index in [9.17, 15) is 4.79 Å². The Bertz CT molecular complexity index is 251. The van der Waals surface area contributed by atoms with E-state index in [0.29, 0.717) is 5.92 Å². The largest absolute Gasteiger partial charge is 0.433 e. The van der Waals surface area contributed by atoms with Crippen LogP contribution in [0.25, 0.3) is 0 Å². The third kappa shape index (κ3) is 1.10. The Morgan fingerprint density at radius 3 is 3.08 bits per heavy atom. The molecule has 3 fully saturated rings. The fraction of sp³-hybridized carbons (Fsp3) is 0.900. The SMILES string of the molecule is CC1CCC2C(=O)OC3OC3C2C1. The number of epoxide rings is 1. The number of rotatable bonds is 0. The van der Waals surface area contributed by atoms with Crippen LogP contribution in [-0.4, -0.2) is 18.4 Å². The van der Waals surface area contributed by atoms with Gasteiger partial charge in [0.25, 0.3) is 0 Å². The molecule has 1 aliphatic carbocycles. The summed E-state index contributed by atoms with van der Waals surface area (Å²) in [7, 11) is 0. The molecule has 0 spiro atoms. The van der Waals surface area contributed by atoms with Gasteiger partial charge in [0.15, 0.2) is 0 Å². The van der Waals surface area contributed by atoms with Gasteiger partial charge in [-0.15, -0.1) is 0 Å². The minimum atomic E-state index is -0.181. The smallest absolute Gasteiger partial charge is 0.311 e. The quantitative estimate of drug-likeness (QED) is 0.419. The summed E-state index contributed by atoms with van der Waals surface area (Å²) in [5.74, 6) is 1.32. The van der Waals surface area contributed by atoms with Crippen LogP contribution in [0.2, 0.25) is 0 Å². The summed E-state index contributed by atoms with van der Waals surface area (Å²) >= 11 is 0. The van der Waals surface area contributed by atoms with Gasteiger partial charge in [-0.05, 0) is 25.2 Å². The summed E-state index contributed by atoms with van der Waals surface area (Å²) in [6.45, 7) is 2.26. The van der Waals surface area contributed by atoms with Crippen molar-refractivity contribution in [1.82, 2.24) is 0 Å². The highest BCUT2D eigenvalue weighted by Crippen LogP contribution is 2.48. The Morgan fingerprint density at radius 2 is 2.23 bits per heavy atom. The van der Waals surface area contributed by atoms with Crippen LogP contribution in [0.1, 0.15) is 26.2 Å². The van der Waals surface area contributed by atoms with Crippen LogP contribution in [0.15, 0.2) is 0 Å². The highest BCUT2D eigenvalue weighted by molar-refractivity contribution is 5.74. The number of hydrogen-bond acceptors (Lipinski definition) is 3. The molecule has 0 amide bonds. The lowest BCUT2D eigenvalue weighted by molar-refractivity contribution is -0.160. The molecule has 0 aromatic heterocycles. The van der Waals surface area contributed by atoms with Crippen LogP contribution < -0.4 is 0 Å². The fourth-order valence-corrected chi connectivity index (χ4v) is 2.79. The zero-order valence-electron chi connectivity index (χ0n) is 7.73. The number of esters is 1. The molecule has 0 radical (unpaired) electrons. The number of hydrogen-bond donors (Lipinski definition) is 0. The molecular formula is C10H14O3. The van der Waals surface area contributed by atoms with Crippen LogP contribution in [0.3, 0.4) is 0 Å². The number of ether oxygens (including phenoxy) is 2. The van der Waals surface area contributed by atoms with Gasteiger partial charge in [-0.1, -0.05) is 6.92 Å². The third-order valence-corrected chi connectivity index (χ3v) is 3.60. The fourth-order valence-electron chi connectivity index (χ4n) is 2.79. The highest BCUT2D eigenvalue weighted by atomic mass is 16.8. The number of carbonyl (C=O) groups is 1. The molecule has 0 aromatic rings. The minimum Gasteiger partial charge on any atom is -0.433 e. The monoisotopic (exact) mass is 182 g/mol. The minimum absolute atomic E-state index is 0.0179. The lowest BCUT2D eigenvalue weighted by Crippen LogP contribution is -2.39. The van der Waals surface area contributed by atoms with E-state index in [0.717, 1.165) is 25.2 Å². The summed E-state index contributed by atoms with van der Waals surface area (Å²) in [4.78, 5) is 11.5. The maximum atomic E-state index is 11.5. The third-order valence-electron chi connectivity index (χ3n) is 3.60. The second-order valence-corrected chi connectivity index (χ2v) is 4.59. The Kier molecular flexibility index (Phi) is 1.48. The lowest BCUT2D eigenvalue weighted by atomic mass is 9.72. The maximum absolute atomic E-state index is 11.5. The first-order valence-corrected chi connectivity index (χ1v) is 5.11. The maximum Gasteiger partial charge on any atom is 0.311 e. The van der Waals surface area contributed by atoms with E-state index in [4.69, 9.17) is 9.47 Å². The van der Waals surface area contributed by atoms with Gasteiger partial charge in [0.05, 0.1) is 5.92 Å². The predicted octanol–water partition coefficient (Wildman–Crippen LogP) is 1.32. The standard InChI is InChI=1S/C10H14O3/c1-5-2-3-6-7(4-5)8-10(12-8)13-9(6)11/h5-8,10H,2-4H2,1H3. The molecular weight excluding hydrogens is 168 g/mol. The molecule has 0 bridgehead atoms. The predicted molar refractivity (Wildman–Crippen MR) is 44.7 cm³/mol. The van der Waals surface area contributed by atoms with E-state index in [-0.39, 0.29) is 24.3 Å². The van der Waals surface area contributed by atoms with Gasteiger partial charge in [-0.2, -0.15) is 0 Å². The van der Waals surface area contributed by atoms with Crippen LogP contribution in [0.4, 0.5) is 0 Å². The molecule has 3 aliphatic rings. The topological polar surface area (TPSA) is 38.8 Å². The Morgan fingerprint density at radius 1 is 1.38 bits per heavy atom. The van der Waals surface area contributed by atoms with Gasteiger partial charge >= 0.3 is 5.97 Å². The zero-order chi connectivity index (χ0) is 9.00. The molecule has 3 nitrogen and oxygen atoms in total. The van der Waals surface area contributed by atoms with Crippen molar-refractivity contribution in [2.24, 2.45) is 17.8 Å². The normalized spacial score (nSPS) is 53.3. The molecule has 2 heterocycles. The summed E-state index contributed by atoms with van der Waals surface area (Å²) in [6.07, 6.45) is 3.36. The molecule has 0 aromatic carbocycles. The second kappa shape index (κ2) is 2.47. The van der Waals surface area contributed by atoms with Gasteiger partial charge in [-0.3, -0.25) is 4.79 Å². The van der Waals surface area contributed by atoms with Crippen LogP contribution >= 0.6 is 0 Å². The van der Waals surface area contributed by atoms with Crippen molar-refractivity contribution in [1.29, 1.82) is 0 Å². The van der Waals surface area contributed by atoms with E-state index < -0.39 is 0 Å². The first-order valence-electron chi connectivity index (χ1n) is 5.11. The average molecular weight is 182 g/mol. The first-order chi connectivity index (χ1) is 6.25. The molecule has 0 N–H and O–H groups in total. The van der Waals surface area contributed by atoms with E-state index in [2.05, 4.69) is 6.92 Å². The van der Waals surface area contributed by atoms with Crippen molar-refractivity contribution in [3.05, 3.63) is 0 Å². The molecule has 5 unspecified atom stereocenters. The molecule has 1 saturated carbocycles. The van der Waals surface area contributed by atoms with Crippen molar-refractivity contribution in [2.75, 3.05) is 0 Å². The van der Waals surface area contributed by atoms with Crippen LogP contribution in [-0.2, 0) is 14.3 Å². The summed E-state index contributed by atoms with van der Waals surface area (Å²) in [6, 6.07) is 0. The van der Waals surface area contributed by atoms with Gasteiger partial charge < -0.3 is 9.47 Å². The molecule has 72 valence electrons. The van der Waals surface area contributed by atoms with Crippen LogP contribution in [0.5, 0.6) is 0 Å². The Hall–Kier alpha value is -0.570. The van der Waals surface area contributed by atoms with Crippen LogP contribution in [0, 0.1) is 17.8 Å². The van der Waals surface area contributed by atoms with Gasteiger partial charge in [0.1, 0.15) is 6.10 Å². The molecule has 2 aliphatic heterocycles. The summed E-state index contributed by atoms with van der Waals surface area (Å²) in [5, 5.41) is 0. The van der Waals surface area contributed by atoms with Crippen molar-refractivity contribution in [2.45, 2.75) is 38.6 Å². The number of carbonyl (C=O) groups excluding carboxylic acids is 1. The first kappa shape index (κ1) is 7.80. The molecule has 13 heavy (non-hydrogen) atoms. The van der Waals surface area contributed by atoms with Crippen molar-refractivity contribution < 1.29 is 14.3 Å². The zero-order valence-corrected chi connectivity index (χ0v) is 7.73. The number of fused-ring (bicyclic) bond motifs is 3. The van der Waals surface area contributed by atoms with E-state index in [1.54, 1.807) is 0 Å². The summed E-state index contributed by atoms with van der Waals surface area (Å²) in [5.41, 5.74) is 0. The molecule has 2 saturated heterocycles. The Balaban J connectivity index is 1.82. The molecule has 5 atom stereocenters. The van der Waals surface area contributed by atoms with Crippen molar-refractivity contribution in [3.63, 3.8) is 0 Å². The summed E-state index contributed by atoms with van der Waals surface area (Å²) < 4.78 is 10.4. The van der Waals surface area contributed by atoms with E-state index in [1.807, 2.05) is 0 Å². The Labute approximate surface area is 77.4 Å². The second-order valence-electron chi connectivity index (χ2n) is 4.59. The molecule has 3 heteroatoms. The van der Waals surface area contributed by atoms with Crippen molar-refractivity contribution in [3.8, 4) is 0 Å². The van der Waals surface area contributed by atoms with Gasteiger partial charge in [0.2, 0.25) is 6.29 Å². The van der Waals surface area contributed by atoms with E-state index in [1.165, 1.54) is 0 Å². The van der Waals surface area contributed by atoms with Crippen molar-refractivity contribution >= 4 is 5.97 Å².